The minimum Gasteiger partial charge on any atom is -1.00 e. The van der Waals surface area contributed by atoms with Gasteiger partial charge in [-0.15, -0.1) is 0 Å². The van der Waals surface area contributed by atoms with E-state index in [2.05, 4.69) is 5.32 Å². The molecule has 1 aromatic carbocycles. The van der Waals surface area contributed by atoms with E-state index in [1.807, 2.05) is 17.1 Å². The van der Waals surface area contributed by atoms with Crippen LogP contribution in [0.25, 0.3) is 0 Å². The van der Waals surface area contributed by atoms with Crippen molar-refractivity contribution < 1.29 is 26.3 Å². The molecule has 0 radical (unpaired) electrons. The maximum absolute atomic E-state index is 11.7. The van der Waals surface area contributed by atoms with Crippen molar-refractivity contribution in [2.24, 2.45) is 0 Å². The molecule has 96 valence electrons. The van der Waals surface area contributed by atoms with Crippen molar-refractivity contribution in [2.45, 2.75) is 6.54 Å². The third kappa shape index (κ3) is 4.57. The van der Waals surface area contributed by atoms with E-state index >= 15 is 0 Å². The molecule has 0 aliphatic rings. The molecule has 2 aromatic rings. The summed E-state index contributed by atoms with van der Waals surface area (Å²) in [6.07, 6.45) is 1.84. The zero-order valence-electron chi connectivity index (χ0n) is 9.07. The molecule has 0 bridgehead atoms. The Balaban J connectivity index is 0.00000162. The Bertz CT molecular complexity index is 514. The van der Waals surface area contributed by atoms with Crippen molar-refractivity contribution in [2.75, 3.05) is 5.32 Å². The summed E-state index contributed by atoms with van der Waals surface area (Å²) in [5, 5.41) is 5.64. The molecule has 7 heteroatoms. The predicted octanol–water partition coefficient (Wildman–Crippen LogP) is -0.0149. The van der Waals surface area contributed by atoms with Gasteiger partial charge in [0.25, 0.3) is 5.91 Å². The second-order valence-corrected chi connectivity index (χ2v) is 5.03. The molecular weight excluding hydrogens is 359 g/mol. The van der Waals surface area contributed by atoms with E-state index in [-0.39, 0.29) is 29.4 Å². The monoisotopic (exact) mass is 366 g/mol. The molecule has 1 N–H and O–H groups in total. The largest absolute Gasteiger partial charge is 1.00 e. The van der Waals surface area contributed by atoms with E-state index in [0.29, 0.717) is 15.7 Å². The fraction of sp³-hybridized carbons (Fsp3) is 0.0909. The van der Waals surface area contributed by atoms with Crippen molar-refractivity contribution in [3.05, 3.63) is 45.3 Å². The Morgan fingerprint density at radius 3 is 2.50 bits per heavy atom. The smallest absolute Gasteiger partial charge is 0.290 e. The van der Waals surface area contributed by atoms with Gasteiger partial charge in [0.15, 0.2) is 6.20 Å². The van der Waals surface area contributed by atoms with E-state index in [0.717, 1.165) is 0 Å². The Labute approximate surface area is 129 Å². The highest BCUT2D eigenvalue weighted by Crippen LogP contribution is 2.22. The van der Waals surface area contributed by atoms with Crippen LogP contribution < -0.4 is 26.9 Å². The molecule has 0 saturated carbocycles. The minimum absolute atomic E-state index is 0. The first-order valence-electron chi connectivity index (χ1n) is 4.81. The number of thiazole rings is 1. The molecule has 0 spiro atoms. The molecule has 0 atom stereocenters. The number of rotatable bonds is 3. The predicted molar refractivity (Wildman–Crippen MR) is 69.6 cm³/mol. The van der Waals surface area contributed by atoms with Crippen LogP contribution in [0.3, 0.4) is 0 Å². The van der Waals surface area contributed by atoms with Gasteiger partial charge in [-0.1, -0.05) is 34.5 Å². The summed E-state index contributed by atoms with van der Waals surface area (Å²) in [5.74, 6) is -0.119. The van der Waals surface area contributed by atoms with Crippen LogP contribution in [-0.2, 0) is 11.3 Å². The van der Waals surface area contributed by atoms with Gasteiger partial charge in [-0.2, -0.15) is 4.57 Å². The summed E-state index contributed by atoms with van der Waals surface area (Å²) in [4.78, 5) is 11.7. The third-order valence-electron chi connectivity index (χ3n) is 2.00. The van der Waals surface area contributed by atoms with Crippen LogP contribution in [0.2, 0.25) is 10.0 Å². The molecule has 0 aliphatic heterocycles. The zero-order chi connectivity index (χ0) is 12.3. The highest BCUT2D eigenvalue weighted by Gasteiger charge is 2.10. The number of aromatic nitrogens is 1. The molecule has 1 amide bonds. The van der Waals surface area contributed by atoms with Gasteiger partial charge in [-0.3, -0.25) is 4.79 Å². The summed E-state index contributed by atoms with van der Waals surface area (Å²) < 4.78 is 1.80. The van der Waals surface area contributed by atoms with Gasteiger partial charge in [-0.25, -0.2) is 0 Å². The number of carbonyl (C=O) groups excluding carboxylic acids is 1. The van der Waals surface area contributed by atoms with E-state index < -0.39 is 0 Å². The zero-order valence-corrected chi connectivity index (χ0v) is 13.0. The normalized spacial score (nSPS) is 9.67. The van der Waals surface area contributed by atoms with Crippen LogP contribution in [0.1, 0.15) is 0 Å². The van der Waals surface area contributed by atoms with E-state index in [1.165, 1.54) is 11.3 Å². The highest BCUT2D eigenvalue weighted by atomic mass is 79.9. The first-order valence-corrected chi connectivity index (χ1v) is 6.50. The fourth-order valence-electron chi connectivity index (χ4n) is 1.34. The second-order valence-electron chi connectivity index (χ2n) is 3.41. The fourth-order valence-corrected chi connectivity index (χ4v) is 2.47. The third-order valence-corrected chi connectivity index (χ3v) is 3.11. The van der Waals surface area contributed by atoms with E-state index in [4.69, 9.17) is 23.2 Å². The molecule has 18 heavy (non-hydrogen) atoms. The van der Waals surface area contributed by atoms with E-state index in [9.17, 15) is 4.79 Å². The summed E-state index contributed by atoms with van der Waals surface area (Å²) in [6.45, 7) is 0.271. The summed E-state index contributed by atoms with van der Waals surface area (Å²) >= 11 is 13.2. The van der Waals surface area contributed by atoms with Crippen LogP contribution in [0, 0.1) is 0 Å². The van der Waals surface area contributed by atoms with Crippen LogP contribution in [-0.4, -0.2) is 5.91 Å². The lowest BCUT2D eigenvalue weighted by atomic mass is 10.3. The Morgan fingerprint density at radius 2 is 1.94 bits per heavy atom. The molecule has 0 aliphatic carbocycles. The van der Waals surface area contributed by atoms with Crippen LogP contribution in [0.4, 0.5) is 5.69 Å². The number of nitrogens with zero attached hydrogens (tertiary/aromatic N) is 1. The molecule has 3 nitrogen and oxygen atoms in total. The minimum atomic E-state index is -0.119. The maximum atomic E-state index is 11.7. The first kappa shape index (κ1) is 15.4. The first-order chi connectivity index (χ1) is 8.13. The van der Waals surface area contributed by atoms with Crippen LogP contribution in [0.5, 0.6) is 0 Å². The topological polar surface area (TPSA) is 33.0 Å². The molecule has 0 fully saturated rings. The Kier molecular flexibility index (Phi) is 6.08. The number of anilines is 1. The Hall–Kier alpha value is -0.620. The summed E-state index contributed by atoms with van der Waals surface area (Å²) in [7, 11) is 0. The Morgan fingerprint density at radius 1 is 1.28 bits per heavy atom. The molecule has 1 aromatic heterocycles. The van der Waals surface area contributed by atoms with Gasteiger partial charge in [0.2, 0.25) is 12.1 Å². The van der Waals surface area contributed by atoms with Gasteiger partial charge >= 0.3 is 0 Å². The number of benzene rings is 1. The molecule has 0 saturated heterocycles. The van der Waals surface area contributed by atoms with Gasteiger partial charge in [0.05, 0.1) is 5.38 Å². The lowest BCUT2D eigenvalue weighted by molar-refractivity contribution is -0.679. The summed E-state index contributed by atoms with van der Waals surface area (Å²) in [5.41, 5.74) is 2.47. The number of carbonyl (C=O) groups is 1. The van der Waals surface area contributed by atoms with Gasteiger partial charge in [-0.05, 0) is 18.2 Å². The van der Waals surface area contributed by atoms with Crippen molar-refractivity contribution in [3.8, 4) is 0 Å². The lowest BCUT2D eigenvalue weighted by Gasteiger charge is -2.03. The number of nitrogens with one attached hydrogen (secondary N) is 1. The maximum Gasteiger partial charge on any atom is 0.290 e. The number of hydrogen-bond acceptors (Lipinski definition) is 2. The van der Waals surface area contributed by atoms with Gasteiger partial charge in [0.1, 0.15) is 0 Å². The van der Waals surface area contributed by atoms with Crippen molar-refractivity contribution in [3.63, 3.8) is 0 Å². The van der Waals surface area contributed by atoms with Crippen LogP contribution in [0.15, 0.2) is 35.3 Å². The van der Waals surface area contributed by atoms with Crippen LogP contribution >= 0.6 is 34.5 Å². The van der Waals surface area contributed by atoms with Crippen molar-refractivity contribution >= 4 is 46.1 Å². The number of hydrogen-bond donors (Lipinski definition) is 1. The van der Waals surface area contributed by atoms with Gasteiger partial charge < -0.3 is 22.3 Å². The van der Waals surface area contributed by atoms with E-state index in [1.54, 1.807) is 22.8 Å². The molecule has 0 unspecified atom stereocenters. The average molecular weight is 368 g/mol. The van der Waals surface area contributed by atoms with Crippen molar-refractivity contribution in [1.82, 2.24) is 0 Å². The second kappa shape index (κ2) is 7.09. The molecular formula is C11H9BrCl2N2OS. The summed E-state index contributed by atoms with van der Waals surface area (Å²) in [6, 6.07) is 4.93. The quantitative estimate of drug-likeness (QED) is 0.760. The number of halogens is 3. The molecule has 2 rings (SSSR count). The highest BCUT2D eigenvalue weighted by molar-refractivity contribution is 7.07. The molecule has 1 heterocycles. The van der Waals surface area contributed by atoms with Crippen molar-refractivity contribution in [1.29, 1.82) is 0 Å². The average Bonchev–Trinajstić information content (AvgIpc) is 2.67. The number of amides is 1. The SMILES string of the molecule is O=C(C[n+]1ccsc1)Nc1cc(Cl)cc(Cl)c1.[Br-]. The standard InChI is InChI=1S/C11H8Cl2N2OS.BrH/c12-8-3-9(13)5-10(4-8)14-11(16)6-15-1-2-17-7-15;/h1-5,7H,6H2;1H. The van der Waals surface area contributed by atoms with Gasteiger partial charge in [0, 0.05) is 15.7 Å². The lowest BCUT2D eigenvalue weighted by Crippen LogP contribution is -3.00.